The lowest BCUT2D eigenvalue weighted by molar-refractivity contribution is 0.0773. The van der Waals surface area contributed by atoms with E-state index >= 15 is 0 Å². The number of fused-ring (bicyclic) bond motifs is 1. The average molecular weight is 573 g/mol. The minimum Gasteiger partial charge on any atom is -0.504 e. The monoisotopic (exact) mass is 572 g/mol. The highest BCUT2D eigenvalue weighted by atomic mass is 16.5. The Hall–Kier alpha value is -4.88. The first-order valence-corrected chi connectivity index (χ1v) is 14.9. The normalized spacial score (nSPS) is 14.7. The molecule has 2 heterocycles. The van der Waals surface area contributed by atoms with Crippen LogP contribution in [0.5, 0.6) is 17.2 Å². The predicted octanol–water partition coefficient (Wildman–Crippen LogP) is 7.20. The number of nitrogens with zero attached hydrogens (tertiary/aromatic N) is 3. The smallest absolute Gasteiger partial charge is 0.253 e. The predicted molar refractivity (Wildman–Crippen MR) is 168 cm³/mol. The van der Waals surface area contributed by atoms with E-state index < -0.39 is 0 Å². The van der Waals surface area contributed by atoms with E-state index in [1.54, 1.807) is 0 Å². The summed E-state index contributed by atoms with van der Waals surface area (Å²) < 4.78 is 6.13. The summed E-state index contributed by atoms with van der Waals surface area (Å²) in [6.07, 6.45) is 2.75. The van der Waals surface area contributed by atoms with Crippen LogP contribution in [-0.4, -0.2) is 50.4 Å². The lowest BCUT2D eigenvalue weighted by atomic mass is 9.87. The molecule has 7 nitrogen and oxygen atoms in total. The number of carbonyl (C=O) groups is 1. The number of phenolic OH excluding ortho intramolecular Hbond substituents is 1. The van der Waals surface area contributed by atoms with Gasteiger partial charge in [-0.05, 0) is 73.4 Å². The van der Waals surface area contributed by atoms with Gasteiger partial charge in [0, 0.05) is 43.5 Å². The first-order chi connectivity index (χ1) is 21.0. The Morgan fingerprint density at radius 1 is 0.977 bits per heavy atom. The summed E-state index contributed by atoms with van der Waals surface area (Å²) >= 11 is 0. The van der Waals surface area contributed by atoms with Crippen LogP contribution in [0.4, 0.5) is 0 Å². The first kappa shape index (κ1) is 28.2. The van der Waals surface area contributed by atoms with Gasteiger partial charge >= 0.3 is 0 Å². The fourth-order valence-electron chi connectivity index (χ4n) is 5.84. The van der Waals surface area contributed by atoms with Crippen molar-refractivity contribution in [1.82, 2.24) is 19.8 Å². The van der Waals surface area contributed by atoms with Gasteiger partial charge in [0.2, 0.25) is 0 Å². The molecular formula is C36H36N4O3. The van der Waals surface area contributed by atoms with Crippen molar-refractivity contribution in [2.24, 2.45) is 0 Å². The molecule has 2 N–H and O–H groups in total. The largest absolute Gasteiger partial charge is 0.504 e. The van der Waals surface area contributed by atoms with Crippen molar-refractivity contribution in [1.29, 1.82) is 0 Å². The van der Waals surface area contributed by atoms with Gasteiger partial charge in [-0.15, -0.1) is 0 Å². The van der Waals surface area contributed by atoms with E-state index in [4.69, 9.17) is 9.72 Å². The molecule has 0 fully saturated rings. The molecule has 0 saturated carbocycles. The molecule has 1 aliphatic rings. The van der Waals surface area contributed by atoms with Gasteiger partial charge in [0.1, 0.15) is 11.6 Å². The molecule has 0 bridgehead atoms. The van der Waals surface area contributed by atoms with Crippen molar-refractivity contribution in [2.45, 2.75) is 32.9 Å². The Kier molecular flexibility index (Phi) is 8.24. The van der Waals surface area contributed by atoms with E-state index in [-0.39, 0.29) is 17.7 Å². The molecule has 7 heteroatoms. The van der Waals surface area contributed by atoms with Crippen LogP contribution >= 0.6 is 0 Å². The molecule has 1 atom stereocenters. The van der Waals surface area contributed by atoms with Gasteiger partial charge in [-0.25, -0.2) is 4.98 Å². The second-order valence-corrected chi connectivity index (χ2v) is 10.8. The van der Waals surface area contributed by atoms with Gasteiger partial charge in [-0.3, -0.25) is 9.69 Å². The van der Waals surface area contributed by atoms with E-state index in [1.807, 2.05) is 122 Å². The number of H-pyrrole nitrogens is 1. The Bertz CT molecular complexity index is 1680. The molecule has 0 spiro atoms. The maximum Gasteiger partial charge on any atom is 0.253 e. The van der Waals surface area contributed by atoms with Crippen molar-refractivity contribution >= 4 is 5.91 Å². The van der Waals surface area contributed by atoms with Crippen molar-refractivity contribution in [3.8, 4) is 28.6 Å². The summed E-state index contributed by atoms with van der Waals surface area (Å²) in [5.41, 5.74) is 5.87. The molecule has 6 rings (SSSR count). The van der Waals surface area contributed by atoms with E-state index in [0.29, 0.717) is 36.7 Å². The third kappa shape index (κ3) is 6.03. The fraction of sp³-hybridized carbons (Fsp3) is 0.222. The van der Waals surface area contributed by atoms with Crippen LogP contribution in [0.25, 0.3) is 11.4 Å². The van der Waals surface area contributed by atoms with Crippen LogP contribution in [0.1, 0.15) is 52.6 Å². The molecule has 1 unspecified atom stereocenters. The number of aromatic amines is 1. The number of imidazole rings is 1. The number of aromatic nitrogens is 2. The zero-order chi connectivity index (χ0) is 29.8. The Morgan fingerprint density at radius 3 is 2.37 bits per heavy atom. The SMILES string of the molecule is CCN(CC)C(=O)c1ccc(C2c3cc(Oc4ccccc4)c(O)cc3CCN2Cc2c[nH]c(-c3ccccc3)n2)cc1. The van der Waals surface area contributed by atoms with Crippen LogP contribution in [0.3, 0.4) is 0 Å². The second kappa shape index (κ2) is 12.5. The average Bonchev–Trinajstić information content (AvgIpc) is 3.52. The van der Waals surface area contributed by atoms with Gasteiger partial charge < -0.3 is 19.7 Å². The van der Waals surface area contributed by atoms with E-state index in [9.17, 15) is 9.90 Å². The number of aromatic hydroxyl groups is 1. The molecule has 5 aromatic rings. The molecule has 43 heavy (non-hydrogen) atoms. The molecule has 0 radical (unpaired) electrons. The molecule has 1 amide bonds. The number of rotatable bonds is 9. The fourth-order valence-corrected chi connectivity index (χ4v) is 5.84. The topological polar surface area (TPSA) is 81.7 Å². The number of para-hydroxylation sites is 1. The summed E-state index contributed by atoms with van der Waals surface area (Å²) in [5.74, 6) is 2.07. The second-order valence-electron chi connectivity index (χ2n) is 10.8. The number of amides is 1. The highest BCUT2D eigenvalue weighted by Gasteiger charge is 2.31. The Morgan fingerprint density at radius 2 is 1.67 bits per heavy atom. The zero-order valence-corrected chi connectivity index (χ0v) is 24.5. The number of benzene rings is 4. The number of ether oxygens (including phenoxy) is 1. The molecule has 4 aromatic carbocycles. The van der Waals surface area contributed by atoms with Crippen molar-refractivity contribution in [2.75, 3.05) is 19.6 Å². The minimum atomic E-state index is -0.128. The van der Waals surface area contributed by atoms with E-state index in [0.717, 1.165) is 46.7 Å². The first-order valence-electron chi connectivity index (χ1n) is 14.9. The van der Waals surface area contributed by atoms with Crippen molar-refractivity contribution in [3.05, 3.63) is 131 Å². The lowest BCUT2D eigenvalue weighted by Gasteiger charge is -2.37. The molecule has 1 aliphatic heterocycles. The number of phenols is 1. The number of hydrogen-bond acceptors (Lipinski definition) is 5. The van der Waals surface area contributed by atoms with Gasteiger partial charge in [0.05, 0.1) is 11.7 Å². The highest BCUT2D eigenvalue weighted by molar-refractivity contribution is 5.94. The van der Waals surface area contributed by atoms with Crippen LogP contribution in [-0.2, 0) is 13.0 Å². The van der Waals surface area contributed by atoms with Gasteiger partial charge in [0.25, 0.3) is 5.91 Å². The van der Waals surface area contributed by atoms with Gasteiger partial charge in [-0.1, -0.05) is 60.7 Å². The standard InChI is InChI=1S/C36H36N4O3/c1-3-39(4-2)36(42)27-17-15-25(16-18-27)34-31-22-33(43-30-13-9-6-10-14-30)32(41)21-28(31)19-20-40(34)24-29-23-37-35(38-29)26-11-7-5-8-12-26/h5-18,21-23,34,41H,3-4,19-20,24H2,1-2H3,(H,37,38). The van der Waals surface area contributed by atoms with E-state index in [2.05, 4.69) is 9.88 Å². The zero-order valence-electron chi connectivity index (χ0n) is 24.5. The molecule has 0 aliphatic carbocycles. The highest BCUT2D eigenvalue weighted by Crippen LogP contribution is 2.42. The summed E-state index contributed by atoms with van der Waals surface area (Å²) in [4.78, 5) is 25.5. The van der Waals surface area contributed by atoms with Crippen molar-refractivity contribution in [3.63, 3.8) is 0 Å². The lowest BCUT2D eigenvalue weighted by Crippen LogP contribution is -2.36. The van der Waals surface area contributed by atoms with Crippen molar-refractivity contribution < 1.29 is 14.6 Å². The minimum absolute atomic E-state index is 0.0332. The Labute approximate surface area is 252 Å². The number of carbonyl (C=O) groups excluding carboxylic acids is 1. The molecule has 0 saturated heterocycles. The summed E-state index contributed by atoms with van der Waals surface area (Å²) in [7, 11) is 0. The van der Waals surface area contributed by atoms with Crippen LogP contribution in [0.15, 0.2) is 103 Å². The Balaban J connectivity index is 1.36. The number of hydrogen-bond donors (Lipinski definition) is 2. The van der Waals surface area contributed by atoms with Gasteiger partial charge in [-0.2, -0.15) is 0 Å². The molecule has 218 valence electrons. The third-order valence-electron chi connectivity index (χ3n) is 8.09. The molecule has 1 aromatic heterocycles. The summed E-state index contributed by atoms with van der Waals surface area (Å²) in [5, 5.41) is 10.9. The van der Waals surface area contributed by atoms with Crippen LogP contribution in [0, 0.1) is 0 Å². The van der Waals surface area contributed by atoms with Gasteiger partial charge in [0.15, 0.2) is 11.5 Å². The summed E-state index contributed by atoms with van der Waals surface area (Å²) in [6, 6.07) is 31.2. The van der Waals surface area contributed by atoms with Crippen LogP contribution < -0.4 is 4.74 Å². The maximum absolute atomic E-state index is 13.0. The maximum atomic E-state index is 13.0. The quantitative estimate of drug-likeness (QED) is 0.195. The third-order valence-corrected chi connectivity index (χ3v) is 8.09. The van der Waals surface area contributed by atoms with Crippen LogP contribution in [0.2, 0.25) is 0 Å². The summed E-state index contributed by atoms with van der Waals surface area (Å²) in [6.45, 7) is 6.74. The number of nitrogens with one attached hydrogen (secondary N) is 1. The van der Waals surface area contributed by atoms with E-state index in [1.165, 1.54) is 0 Å². The molecular weight excluding hydrogens is 536 g/mol.